The van der Waals surface area contributed by atoms with Gasteiger partial charge in [0.15, 0.2) is 0 Å². The number of carbonyl (C=O) groups is 1. The Morgan fingerprint density at radius 1 is 0.950 bits per heavy atom. The SMILES string of the molecule is C=CC(=O)OCCOCCOCCN(CCC)CCC. The van der Waals surface area contributed by atoms with Crippen LogP contribution in [0, 0.1) is 0 Å². The van der Waals surface area contributed by atoms with E-state index in [0.29, 0.717) is 19.8 Å². The lowest BCUT2D eigenvalue weighted by Gasteiger charge is -2.20. The Morgan fingerprint density at radius 2 is 1.50 bits per heavy atom. The topological polar surface area (TPSA) is 48.0 Å². The fraction of sp³-hybridized carbons (Fsp3) is 0.800. The number of esters is 1. The monoisotopic (exact) mass is 287 g/mol. The standard InChI is InChI=1S/C15H29NO4/c1-4-7-16(8-5-2)9-10-18-11-12-19-13-14-20-15(17)6-3/h6H,3-5,7-14H2,1-2H3. The number of carbonyl (C=O) groups excluding carboxylic acids is 1. The second-order valence-corrected chi connectivity index (χ2v) is 4.44. The van der Waals surface area contributed by atoms with Gasteiger partial charge in [0.25, 0.3) is 0 Å². The summed E-state index contributed by atoms with van der Waals surface area (Å²) in [6.07, 6.45) is 3.49. The lowest BCUT2D eigenvalue weighted by Crippen LogP contribution is -2.29. The van der Waals surface area contributed by atoms with Crippen molar-refractivity contribution in [2.45, 2.75) is 26.7 Å². The van der Waals surface area contributed by atoms with Gasteiger partial charge in [0.1, 0.15) is 6.61 Å². The number of hydrogen-bond acceptors (Lipinski definition) is 5. The van der Waals surface area contributed by atoms with Crippen LogP contribution in [0.4, 0.5) is 0 Å². The second kappa shape index (κ2) is 14.5. The van der Waals surface area contributed by atoms with E-state index in [1.165, 1.54) is 12.8 Å². The molecule has 0 fully saturated rings. The molecule has 0 radical (unpaired) electrons. The van der Waals surface area contributed by atoms with E-state index in [-0.39, 0.29) is 6.61 Å². The van der Waals surface area contributed by atoms with Gasteiger partial charge in [0.05, 0.1) is 26.4 Å². The van der Waals surface area contributed by atoms with Gasteiger partial charge in [-0.3, -0.25) is 0 Å². The molecule has 0 saturated carbocycles. The van der Waals surface area contributed by atoms with Gasteiger partial charge in [-0.25, -0.2) is 4.79 Å². The summed E-state index contributed by atoms with van der Waals surface area (Å²) < 4.78 is 15.6. The summed E-state index contributed by atoms with van der Waals surface area (Å²) in [6.45, 7) is 13.4. The van der Waals surface area contributed by atoms with Crippen molar-refractivity contribution in [3.63, 3.8) is 0 Å². The fourth-order valence-electron chi connectivity index (χ4n) is 1.74. The van der Waals surface area contributed by atoms with Gasteiger partial charge >= 0.3 is 5.97 Å². The van der Waals surface area contributed by atoms with Gasteiger partial charge in [-0.15, -0.1) is 0 Å². The van der Waals surface area contributed by atoms with E-state index in [0.717, 1.165) is 32.3 Å². The van der Waals surface area contributed by atoms with Gasteiger partial charge < -0.3 is 19.1 Å². The van der Waals surface area contributed by atoms with Crippen LogP contribution < -0.4 is 0 Å². The average molecular weight is 287 g/mol. The second-order valence-electron chi connectivity index (χ2n) is 4.44. The van der Waals surface area contributed by atoms with Crippen molar-refractivity contribution in [2.75, 3.05) is 52.7 Å². The van der Waals surface area contributed by atoms with Crippen molar-refractivity contribution >= 4 is 5.97 Å². The molecule has 0 aliphatic carbocycles. The largest absolute Gasteiger partial charge is 0.460 e. The normalized spacial score (nSPS) is 10.8. The smallest absolute Gasteiger partial charge is 0.330 e. The van der Waals surface area contributed by atoms with E-state index in [1.54, 1.807) is 0 Å². The molecule has 118 valence electrons. The molecule has 5 heteroatoms. The minimum absolute atomic E-state index is 0.256. The van der Waals surface area contributed by atoms with Gasteiger partial charge in [-0.2, -0.15) is 0 Å². The summed E-state index contributed by atoms with van der Waals surface area (Å²) in [4.78, 5) is 13.1. The molecule has 0 bridgehead atoms. The third-order valence-corrected chi connectivity index (χ3v) is 2.64. The maximum Gasteiger partial charge on any atom is 0.330 e. The molecule has 0 aromatic rings. The molecule has 0 spiro atoms. The van der Waals surface area contributed by atoms with Crippen LogP contribution in [0.2, 0.25) is 0 Å². The Kier molecular flexibility index (Phi) is 13.8. The third kappa shape index (κ3) is 12.1. The summed E-state index contributed by atoms with van der Waals surface area (Å²) in [6, 6.07) is 0. The van der Waals surface area contributed by atoms with Crippen molar-refractivity contribution in [3.05, 3.63) is 12.7 Å². The molecular formula is C15H29NO4. The van der Waals surface area contributed by atoms with Crippen molar-refractivity contribution in [1.29, 1.82) is 0 Å². The molecule has 0 aromatic carbocycles. The highest BCUT2D eigenvalue weighted by Crippen LogP contribution is 1.94. The molecule has 0 atom stereocenters. The highest BCUT2D eigenvalue weighted by atomic mass is 16.6. The Bertz CT molecular complexity index is 240. The van der Waals surface area contributed by atoms with Crippen LogP contribution in [0.25, 0.3) is 0 Å². The van der Waals surface area contributed by atoms with E-state index >= 15 is 0 Å². The van der Waals surface area contributed by atoms with Gasteiger partial charge in [0, 0.05) is 12.6 Å². The van der Waals surface area contributed by atoms with Crippen LogP contribution in [0.3, 0.4) is 0 Å². The molecule has 0 unspecified atom stereocenters. The van der Waals surface area contributed by atoms with Crippen LogP contribution in [0.5, 0.6) is 0 Å². The third-order valence-electron chi connectivity index (χ3n) is 2.64. The molecule has 0 rings (SSSR count). The zero-order chi connectivity index (χ0) is 15.1. The molecule has 0 amide bonds. The van der Waals surface area contributed by atoms with E-state index in [1.807, 2.05) is 0 Å². The molecule has 0 aliphatic heterocycles. The van der Waals surface area contributed by atoms with Gasteiger partial charge in [-0.1, -0.05) is 20.4 Å². The Labute approximate surface area is 122 Å². The van der Waals surface area contributed by atoms with Crippen molar-refractivity contribution in [2.24, 2.45) is 0 Å². The first-order valence-electron chi connectivity index (χ1n) is 7.41. The zero-order valence-electron chi connectivity index (χ0n) is 12.9. The molecule has 0 saturated heterocycles. The molecule has 0 heterocycles. The Hall–Kier alpha value is -0.910. The van der Waals surface area contributed by atoms with Crippen LogP contribution in [0.1, 0.15) is 26.7 Å². The molecule has 20 heavy (non-hydrogen) atoms. The first-order valence-corrected chi connectivity index (χ1v) is 7.41. The summed E-state index contributed by atoms with van der Waals surface area (Å²) in [5.74, 6) is -0.420. The number of rotatable bonds is 14. The summed E-state index contributed by atoms with van der Waals surface area (Å²) >= 11 is 0. The highest BCUT2D eigenvalue weighted by molar-refractivity contribution is 5.81. The van der Waals surface area contributed by atoms with Crippen molar-refractivity contribution in [1.82, 2.24) is 4.90 Å². The summed E-state index contributed by atoms with van der Waals surface area (Å²) in [7, 11) is 0. The number of hydrogen-bond donors (Lipinski definition) is 0. The predicted molar refractivity (Wildman–Crippen MR) is 79.8 cm³/mol. The van der Waals surface area contributed by atoms with E-state index in [4.69, 9.17) is 14.2 Å². The molecule has 0 aromatic heterocycles. The minimum atomic E-state index is -0.420. The van der Waals surface area contributed by atoms with Crippen molar-refractivity contribution in [3.8, 4) is 0 Å². The Balaban J connectivity index is 3.30. The molecule has 0 N–H and O–H groups in total. The molecule has 5 nitrogen and oxygen atoms in total. The van der Waals surface area contributed by atoms with E-state index in [9.17, 15) is 4.79 Å². The minimum Gasteiger partial charge on any atom is -0.460 e. The quantitative estimate of drug-likeness (QED) is 0.277. The summed E-state index contributed by atoms with van der Waals surface area (Å²) in [5, 5.41) is 0. The van der Waals surface area contributed by atoms with Crippen LogP contribution in [-0.2, 0) is 19.0 Å². The predicted octanol–water partition coefficient (Wildman–Crippen LogP) is 1.87. The molecule has 0 aliphatic rings. The average Bonchev–Trinajstić information content (AvgIpc) is 2.45. The van der Waals surface area contributed by atoms with Crippen LogP contribution >= 0.6 is 0 Å². The summed E-state index contributed by atoms with van der Waals surface area (Å²) in [5.41, 5.74) is 0. The van der Waals surface area contributed by atoms with E-state index in [2.05, 4.69) is 25.3 Å². The highest BCUT2D eigenvalue weighted by Gasteiger charge is 2.01. The maximum atomic E-state index is 10.7. The zero-order valence-corrected chi connectivity index (χ0v) is 12.9. The van der Waals surface area contributed by atoms with Crippen LogP contribution in [0.15, 0.2) is 12.7 Å². The number of nitrogens with zero attached hydrogens (tertiary/aromatic N) is 1. The first-order chi connectivity index (χ1) is 9.74. The Morgan fingerprint density at radius 3 is 2.05 bits per heavy atom. The fourth-order valence-corrected chi connectivity index (χ4v) is 1.74. The van der Waals surface area contributed by atoms with Crippen molar-refractivity contribution < 1.29 is 19.0 Å². The number of ether oxygens (including phenoxy) is 3. The van der Waals surface area contributed by atoms with E-state index < -0.39 is 5.97 Å². The van der Waals surface area contributed by atoms with Gasteiger partial charge in [-0.05, 0) is 25.9 Å². The van der Waals surface area contributed by atoms with Crippen LogP contribution in [-0.4, -0.2) is 63.5 Å². The lowest BCUT2D eigenvalue weighted by molar-refractivity contribution is -0.139. The maximum absolute atomic E-state index is 10.7. The molecular weight excluding hydrogens is 258 g/mol. The first kappa shape index (κ1) is 19.1. The lowest BCUT2D eigenvalue weighted by atomic mass is 10.3. The van der Waals surface area contributed by atoms with Gasteiger partial charge in [0.2, 0.25) is 0 Å².